The molecule has 0 bridgehead atoms. The molecule has 1 N–H and O–H groups in total. The normalized spacial score (nSPS) is 25.1. The zero-order chi connectivity index (χ0) is 18.0. The van der Waals surface area contributed by atoms with E-state index in [1.807, 2.05) is 18.0 Å². The van der Waals surface area contributed by atoms with Crippen molar-refractivity contribution in [3.8, 4) is 0 Å². The van der Waals surface area contributed by atoms with Crippen LogP contribution in [0, 0.1) is 0 Å². The Morgan fingerprint density at radius 2 is 2.12 bits per heavy atom. The van der Waals surface area contributed by atoms with E-state index in [9.17, 15) is 9.59 Å². The number of hydrogen-bond acceptors (Lipinski definition) is 4. The van der Waals surface area contributed by atoms with Crippen LogP contribution in [-0.4, -0.2) is 70.2 Å². The summed E-state index contributed by atoms with van der Waals surface area (Å²) < 4.78 is 1.70. The minimum Gasteiger partial charge on any atom is -0.356 e. The molecule has 2 aliphatic heterocycles. The van der Waals surface area contributed by atoms with E-state index in [0.29, 0.717) is 31.7 Å². The maximum absolute atomic E-state index is 13.1. The lowest BCUT2D eigenvalue weighted by Gasteiger charge is -2.49. The second-order valence-electron chi connectivity index (χ2n) is 7.37. The quantitative estimate of drug-likeness (QED) is 0.878. The number of piperazine rings is 1. The molecule has 3 heterocycles. The molecule has 25 heavy (non-hydrogen) atoms. The van der Waals surface area contributed by atoms with E-state index < -0.39 is 0 Å². The fraction of sp³-hybridized carbons (Fsp3) is 0.722. The summed E-state index contributed by atoms with van der Waals surface area (Å²) >= 11 is 0. The van der Waals surface area contributed by atoms with Gasteiger partial charge in [-0.05, 0) is 32.4 Å². The number of nitrogens with zero attached hydrogens (tertiary/aromatic N) is 4. The van der Waals surface area contributed by atoms with E-state index in [-0.39, 0.29) is 17.4 Å². The Hall–Kier alpha value is -1.89. The Bertz CT molecular complexity index is 656. The summed E-state index contributed by atoms with van der Waals surface area (Å²) in [5, 5.41) is 7.42. The number of carbonyl (C=O) groups is 2. The van der Waals surface area contributed by atoms with Crippen LogP contribution in [0.25, 0.3) is 0 Å². The van der Waals surface area contributed by atoms with E-state index >= 15 is 0 Å². The van der Waals surface area contributed by atoms with Gasteiger partial charge < -0.3 is 10.2 Å². The maximum Gasteiger partial charge on any atom is 0.272 e. The molecule has 2 saturated heterocycles. The Labute approximate surface area is 149 Å². The van der Waals surface area contributed by atoms with E-state index in [2.05, 4.69) is 29.3 Å². The smallest absolute Gasteiger partial charge is 0.272 e. The summed E-state index contributed by atoms with van der Waals surface area (Å²) in [6, 6.07) is 1.93. The molecule has 3 rings (SSSR count). The molecule has 1 spiro atoms. The van der Waals surface area contributed by atoms with Gasteiger partial charge >= 0.3 is 0 Å². The summed E-state index contributed by atoms with van der Waals surface area (Å²) in [5.74, 6) is 0.165. The first kappa shape index (κ1) is 17.9. The van der Waals surface area contributed by atoms with Crippen molar-refractivity contribution in [1.82, 2.24) is 24.9 Å². The zero-order valence-corrected chi connectivity index (χ0v) is 15.5. The van der Waals surface area contributed by atoms with Crippen molar-refractivity contribution in [1.29, 1.82) is 0 Å². The standard InChI is InChI=1S/C18H29N5O2/c1-4-5-14-12-15(22(3)20-14)17(25)23-11-10-21(2)18(13-23)7-6-16(24)19-9-8-18/h12H,4-11,13H2,1-3H3,(H,19,24). The average molecular weight is 347 g/mol. The summed E-state index contributed by atoms with van der Waals surface area (Å²) in [4.78, 5) is 29.1. The molecule has 0 saturated carbocycles. The monoisotopic (exact) mass is 347 g/mol. The minimum atomic E-state index is -0.113. The first-order valence-corrected chi connectivity index (χ1v) is 9.25. The van der Waals surface area contributed by atoms with Gasteiger partial charge in [0.2, 0.25) is 5.91 Å². The van der Waals surface area contributed by atoms with E-state index in [0.717, 1.165) is 37.9 Å². The number of aromatic nitrogens is 2. The summed E-state index contributed by atoms with van der Waals surface area (Å²) in [7, 11) is 3.95. The van der Waals surface area contributed by atoms with Gasteiger partial charge in [-0.2, -0.15) is 5.10 Å². The van der Waals surface area contributed by atoms with Gasteiger partial charge in [-0.15, -0.1) is 0 Å². The molecular weight excluding hydrogens is 318 g/mol. The SMILES string of the molecule is CCCc1cc(C(=O)N2CCN(C)C3(CCNC(=O)CC3)C2)n(C)n1. The van der Waals surface area contributed by atoms with Crippen molar-refractivity contribution < 1.29 is 9.59 Å². The van der Waals surface area contributed by atoms with Crippen LogP contribution in [0.1, 0.15) is 48.8 Å². The Morgan fingerprint density at radius 3 is 2.88 bits per heavy atom. The molecular formula is C18H29N5O2. The van der Waals surface area contributed by atoms with E-state index in [4.69, 9.17) is 0 Å². The van der Waals surface area contributed by atoms with Crippen LogP contribution in [0.3, 0.4) is 0 Å². The highest BCUT2D eigenvalue weighted by molar-refractivity contribution is 5.93. The molecule has 0 aliphatic carbocycles. The molecule has 2 fully saturated rings. The van der Waals surface area contributed by atoms with Crippen LogP contribution >= 0.6 is 0 Å². The lowest BCUT2D eigenvalue weighted by molar-refractivity contribution is -0.121. The van der Waals surface area contributed by atoms with Gasteiger partial charge in [0, 0.05) is 45.2 Å². The van der Waals surface area contributed by atoms with Gasteiger partial charge in [0.25, 0.3) is 5.91 Å². The highest BCUT2D eigenvalue weighted by Gasteiger charge is 2.42. The first-order chi connectivity index (χ1) is 11.9. The number of rotatable bonds is 3. The highest BCUT2D eigenvalue weighted by Crippen LogP contribution is 2.31. The van der Waals surface area contributed by atoms with Crippen molar-refractivity contribution in [3.05, 3.63) is 17.5 Å². The number of aryl methyl sites for hydroxylation is 2. The number of nitrogens with one attached hydrogen (secondary N) is 1. The number of hydrogen-bond donors (Lipinski definition) is 1. The van der Waals surface area contributed by atoms with Crippen LogP contribution in [0.15, 0.2) is 6.07 Å². The molecule has 7 nitrogen and oxygen atoms in total. The van der Waals surface area contributed by atoms with Crippen LogP contribution in [-0.2, 0) is 18.3 Å². The average Bonchev–Trinajstić information content (AvgIpc) is 2.84. The predicted molar refractivity (Wildman–Crippen MR) is 95.3 cm³/mol. The van der Waals surface area contributed by atoms with Crippen LogP contribution in [0.4, 0.5) is 0 Å². The van der Waals surface area contributed by atoms with Crippen molar-refractivity contribution in [2.45, 2.75) is 44.6 Å². The van der Waals surface area contributed by atoms with Gasteiger partial charge in [0.05, 0.1) is 5.69 Å². The second kappa shape index (κ2) is 7.15. The third-order valence-corrected chi connectivity index (χ3v) is 5.67. The molecule has 1 atom stereocenters. The Balaban J connectivity index is 1.78. The van der Waals surface area contributed by atoms with Crippen molar-refractivity contribution in [2.24, 2.45) is 7.05 Å². The molecule has 1 aromatic rings. The van der Waals surface area contributed by atoms with Gasteiger partial charge in [0.1, 0.15) is 5.69 Å². The van der Waals surface area contributed by atoms with E-state index in [1.54, 1.807) is 4.68 Å². The molecule has 138 valence electrons. The van der Waals surface area contributed by atoms with E-state index in [1.165, 1.54) is 0 Å². The topological polar surface area (TPSA) is 70.5 Å². The lowest BCUT2D eigenvalue weighted by atomic mass is 9.86. The predicted octanol–water partition coefficient (Wildman–Crippen LogP) is 0.799. The van der Waals surface area contributed by atoms with Crippen molar-refractivity contribution in [2.75, 3.05) is 33.2 Å². The number of likely N-dealkylation sites (N-methyl/N-ethyl adjacent to an activating group) is 1. The number of carbonyl (C=O) groups excluding carboxylic acids is 2. The van der Waals surface area contributed by atoms with Crippen LogP contribution in [0.2, 0.25) is 0 Å². The molecule has 1 unspecified atom stereocenters. The molecule has 7 heteroatoms. The van der Waals surface area contributed by atoms with Gasteiger partial charge in [0.15, 0.2) is 0 Å². The largest absolute Gasteiger partial charge is 0.356 e. The third-order valence-electron chi connectivity index (χ3n) is 5.67. The molecule has 2 amide bonds. The minimum absolute atomic E-state index is 0.0494. The van der Waals surface area contributed by atoms with Crippen molar-refractivity contribution >= 4 is 11.8 Å². The zero-order valence-electron chi connectivity index (χ0n) is 15.5. The fourth-order valence-electron chi connectivity index (χ4n) is 4.04. The molecule has 2 aliphatic rings. The Morgan fingerprint density at radius 1 is 1.32 bits per heavy atom. The molecule has 0 radical (unpaired) electrons. The highest BCUT2D eigenvalue weighted by atomic mass is 16.2. The van der Waals surface area contributed by atoms with Gasteiger partial charge in [-0.25, -0.2) is 0 Å². The van der Waals surface area contributed by atoms with Gasteiger partial charge in [-0.3, -0.25) is 19.2 Å². The first-order valence-electron chi connectivity index (χ1n) is 9.25. The van der Waals surface area contributed by atoms with Crippen molar-refractivity contribution in [3.63, 3.8) is 0 Å². The number of amides is 2. The summed E-state index contributed by atoms with van der Waals surface area (Å²) in [6.45, 7) is 5.01. The second-order valence-corrected chi connectivity index (χ2v) is 7.37. The fourth-order valence-corrected chi connectivity index (χ4v) is 4.04. The summed E-state index contributed by atoms with van der Waals surface area (Å²) in [5.41, 5.74) is 1.52. The molecule has 0 aromatic carbocycles. The summed E-state index contributed by atoms with van der Waals surface area (Å²) in [6.07, 6.45) is 4.11. The maximum atomic E-state index is 13.1. The molecule has 1 aromatic heterocycles. The third kappa shape index (κ3) is 3.56. The lowest BCUT2D eigenvalue weighted by Crippen LogP contribution is -2.62. The van der Waals surface area contributed by atoms with Gasteiger partial charge in [-0.1, -0.05) is 13.3 Å². The van der Waals surface area contributed by atoms with Crippen LogP contribution in [0.5, 0.6) is 0 Å². The Kier molecular flexibility index (Phi) is 5.13. The van der Waals surface area contributed by atoms with Crippen LogP contribution < -0.4 is 5.32 Å².